The van der Waals surface area contributed by atoms with Gasteiger partial charge in [0.2, 0.25) is 5.91 Å². The first-order valence-corrected chi connectivity index (χ1v) is 12.0. The van der Waals surface area contributed by atoms with Crippen LogP contribution in [0, 0.1) is 13.8 Å². The maximum atomic E-state index is 12.4. The van der Waals surface area contributed by atoms with Gasteiger partial charge in [0.1, 0.15) is 18.0 Å². The highest BCUT2D eigenvalue weighted by Crippen LogP contribution is 2.26. The van der Waals surface area contributed by atoms with Crippen LogP contribution < -0.4 is 10.1 Å². The molecule has 2 heterocycles. The Balaban J connectivity index is 1.44. The molecule has 0 bridgehead atoms. The number of aliphatic hydroxyl groups is 1. The van der Waals surface area contributed by atoms with Crippen molar-refractivity contribution in [3.05, 3.63) is 29.3 Å². The molecule has 0 aliphatic carbocycles. The molecule has 1 amide bonds. The van der Waals surface area contributed by atoms with Crippen LogP contribution in [0.3, 0.4) is 0 Å². The highest BCUT2D eigenvalue weighted by molar-refractivity contribution is 7.91. The third-order valence-electron chi connectivity index (χ3n) is 6.08. The number of carbonyl (C=O) groups excluding carboxylic acids is 1. The second-order valence-electron chi connectivity index (χ2n) is 8.99. The Morgan fingerprint density at radius 3 is 2.48 bits per heavy atom. The zero-order chi connectivity index (χ0) is 21.3. The number of hydrogen-bond donors (Lipinski definition) is 2. The summed E-state index contributed by atoms with van der Waals surface area (Å²) in [5, 5.41) is 13.7. The smallest absolute Gasteiger partial charge is 0.234 e. The molecule has 2 saturated heterocycles. The van der Waals surface area contributed by atoms with Crippen LogP contribution in [0.2, 0.25) is 0 Å². The Labute approximate surface area is 173 Å². The van der Waals surface area contributed by atoms with E-state index in [9.17, 15) is 18.3 Å². The predicted octanol–water partition coefficient (Wildman–Crippen LogP) is 1.20. The van der Waals surface area contributed by atoms with Crippen molar-refractivity contribution in [2.24, 2.45) is 0 Å². The van der Waals surface area contributed by atoms with Crippen LogP contribution in [0.4, 0.5) is 0 Å². The lowest BCUT2D eigenvalue weighted by atomic mass is 9.92. The van der Waals surface area contributed by atoms with Crippen molar-refractivity contribution in [1.82, 2.24) is 10.2 Å². The highest BCUT2D eigenvalue weighted by Gasteiger charge is 2.40. The molecule has 7 nitrogen and oxygen atoms in total. The third kappa shape index (κ3) is 5.93. The summed E-state index contributed by atoms with van der Waals surface area (Å²) in [6, 6.07) is 5.89. The van der Waals surface area contributed by atoms with E-state index in [-0.39, 0.29) is 30.6 Å². The standard InChI is InChI=1S/C21H32N2O5S/c1-16-4-5-18(12-17(16)2)28-14-21(25)6-9-23(10-7-21)13-19(24)22-20(3)8-11-29(26,27)15-20/h4-5,12,25H,6-11,13-15H2,1-3H3,(H,22,24)/t20-/m1/s1. The minimum Gasteiger partial charge on any atom is -0.491 e. The fourth-order valence-corrected chi connectivity index (χ4v) is 6.07. The topological polar surface area (TPSA) is 95.9 Å². The summed E-state index contributed by atoms with van der Waals surface area (Å²) in [6.45, 7) is 7.49. The van der Waals surface area contributed by atoms with E-state index in [4.69, 9.17) is 4.74 Å². The van der Waals surface area contributed by atoms with Crippen molar-refractivity contribution >= 4 is 15.7 Å². The number of sulfone groups is 1. The fourth-order valence-electron chi connectivity index (χ4n) is 3.98. The molecule has 3 rings (SSSR count). The SMILES string of the molecule is Cc1ccc(OCC2(O)CCN(CC(=O)N[C@]3(C)CCS(=O)(=O)C3)CC2)cc1C. The molecule has 2 aliphatic heterocycles. The first-order chi connectivity index (χ1) is 13.5. The Morgan fingerprint density at radius 1 is 1.21 bits per heavy atom. The molecule has 0 unspecified atom stereocenters. The summed E-state index contributed by atoms with van der Waals surface area (Å²) in [5.74, 6) is 0.715. The summed E-state index contributed by atoms with van der Waals surface area (Å²) in [7, 11) is -3.06. The molecule has 0 radical (unpaired) electrons. The van der Waals surface area contributed by atoms with Crippen molar-refractivity contribution in [1.29, 1.82) is 0 Å². The Kier molecular flexibility index (Phi) is 6.27. The second-order valence-corrected chi connectivity index (χ2v) is 11.2. The van der Waals surface area contributed by atoms with Gasteiger partial charge in [0.05, 0.1) is 23.6 Å². The molecule has 2 aliphatic rings. The quantitative estimate of drug-likeness (QED) is 0.713. The van der Waals surface area contributed by atoms with Gasteiger partial charge >= 0.3 is 0 Å². The van der Waals surface area contributed by atoms with Crippen molar-refractivity contribution in [3.63, 3.8) is 0 Å². The summed E-state index contributed by atoms with van der Waals surface area (Å²) in [4.78, 5) is 14.4. The van der Waals surface area contributed by atoms with Gasteiger partial charge in [-0.05, 0) is 63.3 Å². The molecule has 1 aromatic rings. The number of piperidine rings is 1. The number of benzene rings is 1. The predicted molar refractivity (Wildman–Crippen MR) is 112 cm³/mol. The van der Waals surface area contributed by atoms with Gasteiger partial charge in [-0.2, -0.15) is 0 Å². The molecule has 0 saturated carbocycles. The Bertz CT molecular complexity index is 862. The van der Waals surface area contributed by atoms with Crippen molar-refractivity contribution < 1.29 is 23.1 Å². The normalized spacial score (nSPS) is 26.2. The number of likely N-dealkylation sites (tertiary alicyclic amines) is 1. The zero-order valence-electron chi connectivity index (χ0n) is 17.5. The maximum Gasteiger partial charge on any atom is 0.234 e. The number of carbonyl (C=O) groups is 1. The van der Waals surface area contributed by atoms with Crippen molar-refractivity contribution in [3.8, 4) is 5.75 Å². The first-order valence-electron chi connectivity index (χ1n) is 10.1. The van der Waals surface area contributed by atoms with E-state index in [0.29, 0.717) is 32.4 Å². The number of nitrogens with one attached hydrogen (secondary N) is 1. The number of rotatable bonds is 6. The van der Waals surface area contributed by atoms with Crippen LogP contribution in [0.15, 0.2) is 18.2 Å². The van der Waals surface area contributed by atoms with Crippen molar-refractivity contribution in [2.45, 2.75) is 51.2 Å². The van der Waals surface area contributed by atoms with Gasteiger partial charge in [0.15, 0.2) is 9.84 Å². The number of ether oxygens (including phenoxy) is 1. The van der Waals surface area contributed by atoms with Gasteiger partial charge in [0.25, 0.3) is 0 Å². The lowest BCUT2D eigenvalue weighted by Crippen LogP contribution is -2.53. The Morgan fingerprint density at radius 2 is 1.90 bits per heavy atom. The third-order valence-corrected chi connectivity index (χ3v) is 7.99. The van der Waals surface area contributed by atoms with E-state index in [1.807, 2.05) is 36.9 Å². The first kappa shape index (κ1) is 22.1. The van der Waals surface area contributed by atoms with Crippen LogP contribution in [0.1, 0.15) is 37.3 Å². The van der Waals surface area contributed by atoms with Gasteiger partial charge in [-0.25, -0.2) is 8.42 Å². The number of amides is 1. The van der Waals surface area contributed by atoms with Crippen LogP contribution in [-0.2, 0) is 14.6 Å². The highest BCUT2D eigenvalue weighted by atomic mass is 32.2. The average Bonchev–Trinajstić information content (AvgIpc) is 2.91. The lowest BCUT2D eigenvalue weighted by Gasteiger charge is -2.38. The van der Waals surface area contributed by atoms with Crippen LogP contribution in [0.5, 0.6) is 5.75 Å². The number of nitrogens with zero attached hydrogens (tertiary/aromatic N) is 1. The van der Waals surface area contributed by atoms with Gasteiger partial charge in [0, 0.05) is 13.1 Å². The summed E-state index contributed by atoms with van der Waals surface area (Å²) in [6.07, 6.45) is 1.50. The fraction of sp³-hybridized carbons (Fsp3) is 0.667. The van der Waals surface area contributed by atoms with Crippen LogP contribution in [0.25, 0.3) is 0 Å². The average molecular weight is 425 g/mol. The van der Waals surface area contributed by atoms with Gasteiger partial charge in [-0.3, -0.25) is 9.69 Å². The van der Waals surface area contributed by atoms with E-state index in [1.54, 1.807) is 6.92 Å². The molecule has 8 heteroatoms. The molecule has 0 spiro atoms. The lowest BCUT2D eigenvalue weighted by molar-refractivity contribution is -0.125. The van der Waals surface area contributed by atoms with E-state index >= 15 is 0 Å². The summed E-state index contributed by atoms with van der Waals surface area (Å²) < 4.78 is 29.2. The molecule has 29 heavy (non-hydrogen) atoms. The molecular weight excluding hydrogens is 392 g/mol. The molecule has 2 N–H and O–H groups in total. The Hall–Kier alpha value is -1.64. The molecular formula is C21H32N2O5S. The molecule has 0 aromatic heterocycles. The second kappa shape index (κ2) is 8.24. The minimum atomic E-state index is -3.06. The monoisotopic (exact) mass is 424 g/mol. The number of hydrogen-bond acceptors (Lipinski definition) is 6. The van der Waals surface area contributed by atoms with E-state index < -0.39 is 21.0 Å². The molecule has 162 valence electrons. The van der Waals surface area contributed by atoms with E-state index in [2.05, 4.69) is 5.32 Å². The molecule has 2 fully saturated rings. The van der Waals surface area contributed by atoms with Crippen molar-refractivity contribution in [2.75, 3.05) is 37.7 Å². The molecule has 1 atom stereocenters. The molecule has 1 aromatic carbocycles. The minimum absolute atomic E-state index is 0.00130. The van der Waals surface area contributed by atoms with Gasteiger partial charge in [-0.15, -0.1) is 0 Å². The summed E-state index contributed by atoms with van der Waals surface area (Å²) in [5.41, 5.74) is 0.773. The number of aryl methyl sites for hydroxylation is 2. The zero-order valence-corrected chi connectivity index (χ0v) is 18.3. The van der Waals surface area contributed by atoms with E-state index in [1.165, 1.54) is 5.56 Å². The summed E-state index contributed by atoms with van der Waals surface area (Å²) >= 11 is 0. The van der Waals surface area contributed by atoms with Gasteiger partial charge < -0.3 is 15.2 Å². The largest absolute Gasteiger partial charge is 0.491 e. The van der Waals surface area contributed by atoms with Gasteiger partial charge in [-0.1, -0.05) is 6.07 Å². The maximum absolute atomic E-state index is 12.4. The van der Waals surface area contributed by atoms with E-state index in [0.717, 1.165) is 11.3 Å². The van der Waals surface area contributed by atoms with Crippen LogP contribution >= 0.6 is 0 Å². The van der Waals surface area contributed by atoms with Crippen LogP contribution in [-0.4, -0.2) is 73.2 Å².